The molecule has 0 spiro atoms. The lowest BCUT2D eigenvalue weighted by atomic mass is 10.1. The van der Waals surface area contributed by atoms with Crippen LogP contribution in [-0.4, -0.2) is 43.0 Å². The number of ether oxygens (including phenoxy) is 4. The topological polar surface area (TPSA) is 105 Å². The Kier molecular flexibility index (Phi) is 6.67. The highest BCUT2D eigenvalue weighted by atomic mass is 16.5. The Morgan fingerprint density at radius 2 is 1.97 bits per heavy atom. The molecule has 1 N–H and O–H groups in total. The summed E-state index contributed by atoms with van der Waals surface area (Å²) >= 11 is 0. The van der Waals surface area contributed by atoms with Crippen molar-refractivity contribution in [2.24, 2.45) is 0 Å². The van der Waals surface area contributed by atoms with Crippen LogP contribution in [0, 0.1) is 0 Å². The van der Waals surface area contributed by atoms with E-state index in [1.807, 2.05) is 32.0 Å². The van der Waals surface area contributed by atoms with E-state index in [1.54, 1.807) is 26.4 Å². The van der Waals surface area contributed by atoms with Crippen LogP contribution >= 0.6 is 0 Å². The summed E-state index contributed by atoms with van der Waals surface area (Å²) in [5, 5.41) is 6.93. The lowest BCUT2D eigenvalue weighted by Gasteiger charge is -2.13. The van der Waals surface area contributed by atoms with Crippen molar-refractivity contribution in [3.8, 4) is 34.4 Å². The first kappa shape index (κ1) is 22.4. The van der Waals surface area contributed by atoms with Gasteiger partial charge in [0.2, 0.25) is 17.6 Å². The van der Waals surface area contributed by atoms with Gasteiger partial charge < -0.3 is 28.8 Å². The molecule has 0 radical (unpaired) electrons. The van der Waals surface area contributed by atoms with Crippen LogP contribution in [0.5, 0.6) is 23.0 Å². The van der Waals surface area contributed by atoms with E-state index >= 15 is 0 Å². The van der Waals surface area contributed by atoms with Crippen molar-refractivity contribution in [1.82, 2.24) is 10.1 Å². The van der Waals surface area contributed by atoms with E-state index in [2.05, 4.69) is 15.5 Å². The summed E-state index contributed by atoms with van der Waals surface area (Å²) in [5.74, 6) is 3.18. The molecular weight excluding hydrogens is 426 g/mol. The Labute approximate surface area is 192 Å². The largest absolute Gasteiger partial charge is 0.493 e. The molecule has 1 aliphatic heterocycles. The third kappa shape index (κ3) is 5.02. The first-order chi connectivity index (χ1) is 16.0. The molecule has 33 heavy (non-hydrogen) atoms. The van der Waals surface area contributed by atoms with Crippen molar-refractivity contribution >= 4 is 11.6 Å². The molecule has 0 aliphatic carbocycles. The molecule has 3 aromatic rings. The second-order valence-electron chi connectivity index (χ2n) is 7.65. The Hall–Kier alpha value is -3.75. The number of carbonyl (C=O) groups is 1. The average molecular weight is 453 g/mol. The lowest BCUT2D eigenvalue weighted by Crippen LogP contribution is -2.13. The zero-order valence-electron chi connectivity index (χ0n) is 19.1. The quantitative estimate of drug-likeness (QED) is 0.517. The molecule has 0 bridgehead atoms. The second kappa shape index (κ2) is 9.81. The van der Waals surface area contributed by atoms with E-state index in [1.165, 1.54) is 0 Å². The van der Waals surface area contributed by atoms with E-state index in [0.29, 0.717) is 47.7 Å². The molecule has 174 valence electrons. The van der Waals surface area contributed by atoms with Gasteiger partial charge in [-0.15, -0.1) is 0 Å². The van der Waals surface area contributed by atoms with Crippen LogP contribution in [0.4, 0.5) is 5.69 Å². The summed E-state index contributed by atoms with van der Waals surface area (Å²) in [5.41, 5.74) is 2.39. The molecule has 2 heterocycles. The number of anilines is 1. The number of carbonyl (C=O) groups excluding carboxylic acids is 1. The van der Waals surface area contributed by atoms with Crippen molar-refractivity contribution in [1.29, 1.82) is 0 Å². The monoisotopic (exact) mass is 453 g/mol. The van der Waals surface area contributed by atoms with Gasteiger partial charge in [0.15, 0.2) is 11.5 Å². The number of nitrogens with one attached hydrogen (secondary N) is 1. The van der Waals surface area contributed by atoms with E-state index in [0.717, 1.165) is 23.3 Å². The molecule has 1 aliphatic rings. The van der Waals surface area contributed by atoms with Gasteiger partial charge in [0.05, 0.1) is 26.5 Å². The van der Waals surface area contributed by atoms with Gasteiger partial charge in [-0.05, 0) is 38.1 Å². The highest BCUT2D eigenvalue weighted by molar-refractivity contribution is 5.92. The molecule has 2 aromatic carbocycles. The fourth-order valence-electron chi connectivity index (χ4n) is 3.69. The number of hydrogen-bond acceptors (Lipinski definition) is 8. The number of hydrogen-bond donors (Lipinski definition) is 1. The van der Waals surface area contributed by atoms with Gasteiger partial charge in [-0.1, -0.05) is 5.16 Å². The molecular formula is C24H27N3O6. The maximum atomic E-state index is 12.6. The molecule has 1 amide bonds. The highest BCUT2D eigenvalue weighted by Gasteiger charge is 2.23. The Morgan fingerprint density at radius 3 is 2.73 bits per heavy atom. The highest BCUT2D eigenvalue weighted by Crippen LogP contribution is 2.38. The number of amides is 1. The van der Waals surface area contributed by atoms with Gasteiger partial charge in [0, 0.05) is 36.5 Å². The minimum absolute atomic E-state index is 0.109. The lowest BCUT2D eigenvalue weighted by molar-refractivity contribution is -0.116. The van der Waals surface area contributed by atoms with Crippen LogP contribution in [0.15, 0.2) is 34.9 Å². The fourth-order valence-corrected chi connectivity index (χ4v) is 3.69. The Balaban J connectivity index is 1.40. The minimum Gasteiger partial charge on any atom is -0.493 e. The Morgan fingerprint density at radius 1 is 1.15 bits per heavy atom. The first-order valence-corrected chi connectivity index (χ1v) is 10.8. The standard InChI is InChI=1S/C24H27N3O6/c1-5-31-20-12-16-10-14(2)32-19(16)13-17(20)25-22(28)8-9-23-26-24(27-33-23)15-6-7-18(29-3)21(11-15)30-4/h6-7,11-14H,5,8-10H2,1-4H3,(H,25,28)/t14-/m1/s1. The van der Waals surface area contributed by atoms with Crippen LogP contribution in [0.2, 0.25) is 0 Å². The van der Waals surface area contributed by atoms with Gasteiger partial charge in [-0.3, -0.25) is 4.79 Å². The number of nitrogens with zero attached hydrogens (tertiary/aromatic N) is 2. The molecule has 9 nitrogen and oxygen atoms in total. The first-order valence-electron chi connectivity index (χ1n) is 10.8. The number of rotatable bonds is 9. The van der Waals surface area contributed by atoms with Gasteiger partial charge in [-0.25, -0.2) is 0 Å². The predicted molar refractivity (Wildman–Crippen MR) is 121 cm³/mol. The van der Waals surface area contributed by atoms with Gasteiger partial charge in [0.25, 0.3) is 0 Å². The number of benzene rings is 2. The molecule has 0 saturated carbocycles. The molecule has 0 fully saturated rings. The number of methoxy groups -OCH3 is 2. The van der Waals surface area contributed by atoms with E-state index in [9.17, 15) is 4.79 Å². The predicted octanol–water partition coefficient (Wildman–Crippen LogP) is 4.05. The Bertz CT molecular complexity index is 1140. The third-order valence-electron chi connectivity index (χ3n) is 5.25. The summed E-state index contributed by atoms with van der Waals surface area (Å²) in [6, 6.07) is 9.12. The normalized spacial score (nSPS) is 14.4. The summed E-state index contributed by atoms with van der Waals surface area (Å²) in [4.78, 5) is 17.0. The fraction of sp³-hybridized carbons (Fsp3) is 0.375. The SMILES string of the molecule is CCOc1cc2c(cc1NC(=O)CCc1nc(-c3ccc(OC)c(OC)c3)no1)O[C@H](C)C2. The van der Waals surface area contributed by atoms with E-state index in [-0.39, 0.29) is 18.4 Å². The molecule has 9 heteroatoms. The van der Waals surface area contributed by atoms with Crippen molar-refractivity contribution in [3.63, 3.8) is 0 Å². The third-order valence-corrected chi connectivity index (χ3v) is 5.25. The summed E-state index contributed by atoms with van der Waals surface area (Å²) < 4.78 is 27.4. The minimum atomic E-state index is -0.187. The van der Waals surface area contributed by atoms with Crippen LogP contribution in [-0.2, 0) is 17.6 Å². The van der Waals surface area contributed by atoms with E-state index in [4.69, 9.17) is 23.5 Å². The zero-order chi connectivity index (χ0) is 23.4. The van der Waals surface area contributed by atoms with Crippen molar-refractivity contribution in [2.75, 3.05) is 26.1 Å². The van der Waals surface area contributed by atoms with Gasteiger partial charge >= 0.3 is 0 Å². The maximum Gasteiger partial charge on any atom is 0.227 e. The zero-order valence-corrected chi connectivity index (χ0v) is 19.1. The maximum absolute atomic E-state index is 12.6. The van der Waals surface area contributed by atoms with Crippen LogP contribution < -0.4 is 24.3 Å². The second-order valence-corrected chi connectivity index (χ2v) is 7.65. The summed E-state index contributed by atoms with van der Waals surface area (Å²) in [7, 11) is 3.13. The smallest absolute Gasteiger partial charge is 0.227 e. The van der Waals surface area contributed by atoms with Crippen LogP contribution in [0.3, 0.4) is 0 Å². The van der Waals surface area contributed by atoms with E-state index < -0.39 is 0 Å². The van der Waals surface area contributed by atoms with Gasteiger partial charge in [0.1, 0.15) is 17.6 Å². The molecule has 4 rings (SSSR count). The molecule has 0 unspecified atom stereocenters. The van der Waals surface area contributed by atoms with Crippen molar-refractivity contribution < 1.29 is 28.3 Å². The number of fused-ring (bicyclic) bond motifs is 1. The van der Waals surface area contributed by atoms with Crippen LogP contribution in [0.1, 0.15) is 31.7 Å². The van der Waals surface area contributed by atoms with Crippen LogP contribution in [0.25, 0.3) is 11.4 Å². The van der Waals surface area contributed by atoms with Crippen molar-refractivity contribution in [2.45, 2.75) is 39.2 Å². The number of aromatic nitrogens is 2. The van der Waals surface area contributed by atoms with Crippen molar-refractivity contribution in [3.05, 3.63) is 41.8 Å². The summed E-state index contributed by atoms with van der Waals surface area (Å²) in [6.45, 7) is 4.42. The molecule has 1 atom stereocenters. The van der Waals surface area contributed by atoms with Gasteiger partial charge in [-0.2, -0.15) is 4.98 Å². The number of aryl methyl sites for hydroxylation is 1. The average Bonchev–Trinajstić information content (AvgIpc) is 3.43. The molecule has 0 saturated heterocycles. The molecule has 1 aromatic heterocycles. The summed E-state index contributed by atoms with van der Waals surface area (Å²) in [6.07, 6.45) is 1.41.